The Morgan fingerprint density at radius 1 is 1.16 bits per heavy atom. The number of hydrogen-bond donors (Lipinski definition) is 1. The summed E-state index contributed by atoms with van der Waals surface area (Å²) in [5.41, 5.74) is 1.38. The van der Waals surface area contributed by atoms with Gasteiger partial charge in [-0.3, -0.25) is 4.79 Å². The van der Waals surface area contributed by atoms with Crippen LogP contribution in [0.15, 0.2) is 34.7 Å². The maximum Gasteiger partial charge on any atom is 0.220 e. The van der Waals surface area contributed by atoms with E-state index in [4.69, 9.17) is 4.42 Å². The van der Waals surface area contributed by atoms with Crippen molar-refractivity contribution in [1.29, 1.82) is 0 Å². The first-order valence-electron chi connectivity index (χ1n) is 9.43. The van der Waals surface area contributed by atoms with Crippen LogP contribution in [-0.4, -0.2) is 22.6 Å². The van der Waals surface area contributed by atoms with Crippen molar-refractivity contribution in [2.45, 2.75) is 56.8 Å². The molecule has 1 amide bonds. The zero-order valence-electron chi connectivity index (χ0n) is 14.5. The smallest absolute Gasteiger partial charge is 0.220 e. The van der Waals surface area contributed by atoms with Crippen LogP contribution < -0.4 is 5.32 Å². The van der Waals surface area contributed by atoms with Gasteiger partial charge >= 0.3 is 0 Å². The molecular formula is C20H25N3O2. The highest BCUT2D eigenvalue weighted by Crippen LogP contribution is 2.46. The topological polar surface area (TPSA) is 68.0 Å². The molecule has 4 rings (SSSR count). The summed E-state index contributed by atoms with van der Waals surface area (Å²) in [5.74, 6) is 3.02. The van der Waals surface area contributed by atoms with Gasteiger partial charge in [0, 0.05) is 25.3 Å². The standard InChI is InChI=1S/C20H25N3O2/c24-18(21-13-16-12-17(16)14-6-2-1-3-7-14)10-11-19-22-23-20(25-19)15-8-4-5-9-15/h1-3,6-7,15-17H,4-5,8-13H2,(H,21,24)/t16-,17+/m0/s1. The van der Waals surface area contributed by atoms with E-state index >= 15 is 0 Å². The lowest BCUT2D eigenvalue weighted by Gasteiger charge is -2.04. The molecule has 2 aliphatic rings. The predicted molar refractivity (Wildman–Crippen MR) is 94.1 cm³/mol. The summed E-state index contributed by atoms with van der Waals surface area (Å²) in [6.45, 7) is 0.759. The molecule has 2 aliphatic carbocycles. The Bertz CT molecular complexity index is 707. The monoisotopic (exact) mass is 339 g/mol. The van der Waals surface area contributed by atoms with Gasteiger partial charge in [-0.1, -0.05) is 43.2 Å². The van der Waals surface area contributed by atoms with Crippen molar-refractivity contribution in [2.75, 3.05) is 6.54 Å². The van der Waals surface area contributed by atoms with Gasteiger partial charge in [0.1, 0.15) is 0 Å². The minimum absolute atomic E-state index is 0.0688. The minimum atomic E-state index is 0.0688. The number of nitrogens with one attached hydrogen (secondary N) is 1. The minimum Gasteiger partial charge on any atom is -0.425 e. The van der Waals surface area contributed by atoms with Gasteiger partial charge < -0.3 is 9.73 Å². The van der Waals surface area contributed by atoms with Crippen molar-refractivity contribution >= 4 is 5.91 Å². The summed E-state index contributed by atoms with van der Waals surface area (Å²) < 4.78 is 5.73. The van der Waals surface area contributed by atoms with Crippen molar-refractivity contribution in [3.63, 3.8) is 0 Å². The van der Waals surface area contributed by atoms with Crippen LogP contribution >= 0.6 is 0 Å². The quantitative estimate of drug-likeness (QED) is 0.837. The van der Waals surface area contributed by atoms with E-state index in [-0.39, 0.29) is 5.91 Å². The molecule has 0 unspecified atom stereocenters. The van der Waals surface area contributed by atoms with E-state index in [1.165, 1.54) is 24.8 Å². The first-order valence-corrected chi connectivity index (χ1v) is 9.43. The highest BCUT2D eigenvalue weighted by molar-refractivity contribution is 5.76. The maximum atomic E-state index is 12.1. The third-order valence-corrected chi connectivity index (χ3v) is 5.46. The number of aromatic nitrogens is 2. The fraction of sp³-hybridized carbons (Fsp3) is 0.550. The Labute approximate surface area is 148 Å². The van der Waals surface area contributed by atoms with E-state index in [0.717, 1.165) is 25.3 Å². The fourth-order valence-electron chi connectivity index (χ4n) is 3.84. The van der Waals surface area contributed by atoms with Gasteiger partial charge in [0.15, 0.2) is 0 Å². The maximum absolute atomic E-state index is 12.1. The average molecular weight is 339 g/mol. The van der Waals surface area contributed by atoms with E-state index in [9.17, 15) is 4.79 Å². The lowest BCUT2D eigenvalue weighted by Crippen LogP contribution is -2.26. The molecule has 0 radical (unpaired) electrons. The molecule has 1 aromatic carbocycles. The van der Waals surface area contributed by atoms with Crippen molar-refractivity contribution in [3.8, 4) is 0 Å². The second-order valence-corrected chi connectivity index (χ2v) is 7.33. The Morgan fingerprint density at radius 2 is 1.96 bits per heavy atom. The summed E-state index contributed by atoms with van der Waals surface area (Å²) in [6.07, 6.45) is 6.89. The third-order valence-electron chi connectivity index (χ3n) is 5.46. The van der Waals surface area contributed by atoms with Gasteiger partial charge in [-0.15, -0.1) is 10.2 Å². The van der Waals surface area contributed by atoms with Crippen LogP contribution in [0.1, 0.15) is 67.7 Å². The van der Waals surface area contributed by atoms with E-state index in [1.54, 1.807) is 0 Å². The number of aryl methyl sites for hydroxylation is 1. The number of carbonyl (C=O) groups excluding carboxylic acids is 1. The normalized spacial score (nSPS) is 22.9. The SMILES string of the molecule is O=C(CCc1nnc(C2CCCC2)o1)NC[C@@H]1C[C@@H]1c1ccccc1. The van der Waals surface area contributed by atoms with Gasteiger partial charge in [-0.2, -0.15) is 0 Å². The second-order valence-electron chi connectivity index (χ2n) is 7.33. The molecule has 25 heavy (non-hydrogen) atoms. The van der Waals surface area contributed by atoms with Crippen LogP contribution in [-0.2, 0) is 11.2 Å². The zero-order valence-corrected chi connectivity index (χ0v) is 14.5. The van der Waals surface area contributed by atoms with Crippen LogP contribution in [0.5, 0.6) is 0 Å². The predicted octanol–water partition coefficient (Wildman–Crippen LogP) is 3.58. The van der Waals surface area contributed by atoms with Gasteiger partial charge in [0.05, 0.1) is 0 Å². The highest BCUT2D eigenvalue weighted by atomic mass is 16.4. The van der Waals surface area contributed by atoms with Crippen LogP contribution in [0, 0.1) is 5.92 Å². The molecule has 2 fully saturated rings. The molecule has 0 bridgehead atoms. The molecule has 1 aromatic heterocycles. The van der Waals surface area contributed by atoms with Gasteiger partial charge in [0.25, 0.3) is 0 Å². The summed E-state index contributed by atoms with van der Waals surface area (Å²) in [7, 11) is 0. The van der Waals surface area contributed by atoms with Gasteiger partial charge in [-0.25, -0.2) is 0 Å². The number of hydrogen-bond acceptors (Lipinski definition) is 4. The van der Waals surface area contributed by atoms with Crippen LogP contribution in [0.4, 0.5) is 0 Å². The summed E-state index contributed by atoms with van der Waals surface area (Å²) in [4.78, 5) is 12.1. The van der Waals surface area contributed by atoms with Crippen LogP contribution in [0.25, 0.3) is 0 Å². The molecule has 5 heteroatoms. The van der Waals surface area contributed by atoms with Crippen molar-refractivity contribution < 1.29 is 9.21 Å². The van der Waals surface area contributed by atoms with Gasteiger partial charge in [-0.05, 0) is 36.7 Å². The zero-order chi connectivity index (χ0) is 17.1. The Morgan fingerprint density at radius 3 is 2.76 bits per heavy atom. The molecule has 1 N–H and O–H groups in total. The molecule has 0 saturated heterocycles. The summed E-state index contributed by atoms with van der Waals surface area (Å²) in [5, 5.41) is 11.3. The molecule has 0 spiro atoms. The molecule has 1 heterocycles. The molecule has 2 saturated carbocycles. The Hall–Kier alpha value is -2.17. The highest BCUT2D eigenvalue weighted by Gasteiger charge is 2.37. The largest absolute Gasteiger partial charge is 0.425 e. The number of amides is 1. The van der Waals surface area contributed by atoms with E-state index in [1.807, 2.05) is 6.07 Å². The Kier molecular flexibility index (Phi) is 4.81. The molecule has 5 nitrogen and oxygen atoms in total. The molecule has 2 atom stereocenters. The van der Waals surface area contributed by atoms with Crippen LogP contribution in [0.2, 0.25) is 0 Å². The van der Waals surface area contributed by atoms with Crippen molar-refractivity contribution in [3.05, 3.63) is 47.7 Å². The van der Waals surface area contributed by atoms with E-state index < -0.39 is 0 Å². The first kappa shape index (κ1) is 16.3. The van der Waals surface area contributed by atoms with Gasteiger partial charge in [0.2, 0.25) is 17.7 Å². The number of carbonyl (C=O) groups is 1. The number of rotatable bonds is 7. The average Bonchev–Trinajstić information content (AvgIpc) is 3.02. The van der Waals surface area contributed by atoms with E-state index in [0.29, 0.717) is 36.5 Å². The third kappa shape index (κ3) is 4.09. The molecule has 2 aromatic rings. The summed E-state index contributed by atoms with van der Waals surface area (Å²) >= 11 is 0. The van der Waals surface area contributed by atoms with Crippen LogP contribution in [0.3, 0.4) is 0 Å². The molecular weight excluding hydrogens is 314 g/mol. The first-order chi connectivity index (χ1) is 12.3. The molecule has 132 valence electrons. The molecule has 0 aliphatic heterocycles. The number of benzene rings is 1. The summed E-state index contributed by atoms with van der Waals surface area (Å²) in [6, 6.07) is 10.5. The fourth-order valence-corrected chi connectivity index (χ4v) is 3.84. The van der Waals surface area contributed by atoms with Crippen molar-refractivity contribution in [2.24, 2.45) is 5.92 Å². The Balaban J connectivity index is 1.17. The lowest BCUT2D eigenvalue weighted by molar-refractivity contribution is -0.121. The van der Waals surface area contributed by atoms with Crippen molar-refractivity contribution in [1.82, 2.24) is 15.5 Å². The van der Waals surface area contributed by atoms with E-state index in [2.05, 4.69) is 39.8 Å². The number of nitrogens with zero attached hydrogens (tertiary/aromatic N) is 2. The lowest BCUT2D eigenvalue weighted by atomic mass is 10.1. The second kappa shape index (κ2) is 7.38.